The summed E-state index contributed by atoms with van der Waals surface area (Å²) in [5.41, 5.74) is 1.24. The fourth-order valence-corrected chi connectivity index (χ4v) is 4.72. The number of aryl methyl sites for hydroxylation is 1. The van der Waals surface area contributed by atoms with Crippen molar-refractivity contribution in [1.29, 1.82) is 0 Å². The second kappa shape index (κ2) is 8.29. The zero-order valence-electron chi connectivity index (χ0n) is 14.9. The normalized spacial score (nSPS) is 14.9. The third-order valence-corrected chi connectivity index (χ3v) is 6.45. The molecule has 0 saturated carbocycles. The molecular formula is C19H21ClN2O4S. The Labute approximate surface area is 164 Å². The van der Waals surface area contributed by atoms with Crippen LogP contribution < -0.4 is 10.1 Å². The van der Waals surface area contributed by atoms with Gasteiger partial charge in [0.2, 0.25) is 10.0 Å². The van der Waals surface area contributed by atoms with E-state index in [1.165, 1.54) is 10.4 Å². The topological polar surface area (TPSA) is 75.7 Å². The molecule has 0 bridgehead atoms. The van der Waals surface area contributed by atoms with Gasteiger partial charge < -0.3 is 10.1 Å². The van der Waals surface area contributed by atoms with Gasteiger partial charge in [0.15, 0.2) is 6.61 Å². The van der Waals surface area contributed by atoms with Gasteiger partial charge in [0.1, 0.15) is 5.75 Å². The van der Waals surface area contributed by atoms with Crippen LogP contribution in [-0.4, -0.2) is 38.3 Å². The summed E-state index contributed by atoms with van der Waals surface area (Å²) in [6.45, 7) is 2.69. The molecule has 144 valence electrons. The SMILES string of the molecule is Cc1cc(S(=O)(=O)N2CCCC2)ccc1OCC(=O)Nc1cccc(Cl)c1. The summed E-state index contributed by atoms with van der Waals surface area (Å²) in [5, 5.41) is 3.22. The number of nitrogens with zero attached hydrogens (tertiary/aromatic N) is 1. The summed E-state index contributed by atoms with van der Waals surface area (Å²) >= 11 is 5.89. The summed E-state index contributed by atoms with van der Waals surface area (Å²) in [7, 11) is -3.47. The number of halogens is 1. The summed E-state index contributed by atoms with van der Waals surface area (Å²) in [6.07, 6.45) is 1.78. The first-order chi connectivity index (χ1) is 12.9. The fraction of sp³-hybridized carbons (Fsp3) is 0.316. The highest BCUT2D eigenvalue weighted by atomic mass is 35.5. The quantitative estimate of drug-likeness (QED) is 0.794. The van der Waals surface area contributed by atoms with E-state index < -0.39 is 10.0 Å². The molecule has 0 unspecified atom stereocenters. The third kappa shape index (κ3) is 4.80. The van der Waals surface area contributed by atoms with Crippen LogP contribution in [0.1, 0.15) is 18.4 Å². The summed E-state index contributed by atoms with van der Waals surface area (Å²) in [6, 6.07) is 11.5. The molecule has 8 heteroatoms. The standard InChI is InChI=1S/C19H21ClN2O4S/c1-14-11-17(27(24,25)22-9-2-3-10-22)7-8-18(14)26-13-19(23)21-16-6-4-5-15(20)12-16/h4-8,11-12H,2-3,9-10,13H2,1H3,(H,21,23). The Morgan fingerprint density at radius 3 is 2.59 bits per heavy atom. The fourth-order valence-electron chi connectivity index (χ4n) is 2.93. The first kappa shape index (κ1) is 19.7. The van der Waals surface area contributed by atoms with E-state index in [2.05, 4.69) is 5.32 Å². The van der Waals surface area contributed by atoms with Crippen molar-refractivity contribution >= 4 is 33.2 Å². The molecule has 1 amide bonds. The lowest BCUT2D eigenvalue weighted by Gasteiger charge is -2.17. The number of hydrogen-bond acceptors (Lipinski definition) is 4. The number of carbonyl (C=O) groups excluding carboxylic acids is 1. The van der Waals surface area contributed by atoms with Gasteiger partial charge >= 0.3 is 0 Å². The highest BCUT2D eigenvalue weighted by molar-refractivity contribution is 7.89. The maximum Gasteiger partial charge on any atom is 0.262 e. The molecule has 1 aliphatic rings. The highest BCUT2D eigenvalue weighted by Gasteiger charge is 2.27. The van der Waals surface area contributed by atoms with Gasteiger partial charge in [-0.25, -0.2) is 8.42 Å². The first-order valence-electron chi connectivity index (χ1n) is 8.65. The molecule has 0 atom stereocenters. The van der Waals surface area contributed by atoms with Crippen LogP contribution in [-0.2, 0) is 14.8 Å². The van der Waals surface area contributed by atoms with Crippen LogP contribution in [0, 0.1) is 6.92 Å². The smallest absolute Gasteiger partial charge is 0.262 e. The molecular weight excluding hydrogens is 388 g/mol. The molecule has 1 heterocycles. The molecule has 0 radical (unpaired) electrons. The van der Waals surface area contributed by atoms with Crippen LogP contribution in [0.4, 0.5) is 5.69 Å². The van der Waals surface area contributed by atoms with Crippen molar-refractivity contribution in [2.24, 2.45) is 0 Å². The third-order valence-electron chi connectivity index (χ3n) is 4.32. The van der Waals surface area contributed by atoms with Gasteiger partial charge in [-0.2, -0.15) is 4.31 Å². The lowest BCUT2D eigenvalue weighted by atomic mass is 10.2. The Bertz CT molecular complexity index is 940. The van der Waals surface area contributed by atoms with Crippen LogP contribution in [0.5, 0.6) is 5.75 Å². The van der Waals surface area contributed by atoms with Crippen LogP contribution >= 0.6 is 11.6 Å². The lowest BCUT2D eigenvalue weighted by molar-refractivity contribution is -0.118. The Morgan fingerprint density at radius 2 is 1.93 bits per heavy atom. The zero-order chi connectivity index (χ0) is 19.4. The molecule has 2 aromatic carbocycles. The van der Waals surface area contributed by atoms with E-state index in [1.54, 1.807) is 43.3 Å². The van der Waals surface area contributed by atoms with Gasteiger partial charge in [0.05, 0.1) is 4.90 Å². The molecule has 27 heavy (non-hydrogen) atoms. The highest BCUT2D eigenvalue weighted by Crippen LogP contribution is 2.26. The number of nitrogens with one attached hydrogen (secondary N) is 1. The molecule has 0 aromatic heterocycles. The summed E-state index contributed by atoms with van der Waals surface area (Å²) < 4.78 is 32.3. The Balaban J connectivity index is 1.63. The van der Waals surface area contributed by atoms with Gasteiger partial charge in [0.25, 0.3) is 5.91 Å². The van der Waals surface area contributed by atoms with E-state index in [-0.39, 0.29) is 17.4 Å². The van der Waals surface area contributed by atoms with Gasteiger partial charge in [-0.3, -0.25) is 4.79 Å². The monoisotopic (exact) mass is 408 g/mol. The molecule has 3 rings (SSSR count). The number of ether oxygens (including phenoxy) is 1. The number of hydrogen-bond donors (Lipinski definition) is 1. The molecule has 0 aliphatic carbocycles. The molecule has 6 nitrogen and oxygen atoms in total. The number of rotatable bonds is 6. The minimum atomic E-state index is -3.47. The number of anilines is 1. The largest absolute Gasteiger partial charge is 0.483 e. The van der Waals surface area contributed by atoms with E-state index in [4.69, 9.17) is 16.3 Å². The number of carbonyl (C=O) groups is 1. The average Bonchev–Trinajstić information content (AvgIpc) is 3.16. The minimum absolute atomic E-state index is 0.189. The van der Waals surface area contributed by atoms with Gasteiger partial charge in [-0.15, -0.1) is 0 Å². The molecule has 1 aliphatic heterocycles. The predicted molar refractivity (Wildman–Crippen MR) is 105 cm³/mol. The van der Waals surface area contributed by atoms with E-state index >= 15 is 0 Å². The van der Waals surface area contributed by atoms with Crippen molar-refractivity contribution in [2.45, 2.75) is 24.7 Å². The van der Waals surface area contributed by atoms with Crippen molar-refractivity contribution in [1.82, 2.24) is 4.31 Å². The molecule has 1 fully saturated rings. The van der Waals surface area contributed by atoms with Gasteiger partial charge in [-0.05, 0) is 61.7 Å². The van der Waals surface area contributed by atoms with E-state index in [1.807, 2.05) is 0 Å². The Hall–Kier alpha value is -2.09. The first-order valence-corrected chi connectivity index (χ1v) is 10.5. The number of sulfonamides is 1. The van der Waals surface area contributed by atoms with Gasteiger partial charge in [0, 0.05) is 23.8 Å². The van der Waals surface area contributed by atoms with Gasteiger partial charge in [-0.1, -0.05) is 17.7 Å². The number of amides is 1. The average molecular weight is 409 g/mol. The minimum Gasteiger partial charge on any atom is -0.483 e. The Morgan fingerprint density at radius 1 is 1.19 bits per heavy atom. The zero-order valence-corrected chi connectivity index (χ0v) is 16.5. The Kier molecular flexibility index (Phi) is 6.04. The molecule has 1 saturated heterocycles. The summed E-state index contributed by atoms with van der Waals surface area (Å²) in [5.74, 6) is 0.141. The van der Waals surface area contributed by atoms with Crippen LogP contribution in [0.3, 0.4) is 0 Å². The van der Waals surface area contributed by atoms with Crippen molar-refractivity contribution in [3.8, 4) is 5.75 Å². The van der Waals surface area contributed by atoms with Crippen LogP contribution in [0.25, 0.3) is 0 Å². The maximum atomic E-state index is 12.6. The van der Waals surface area contributed by atoms with Crippen molar-refractivity contribution in [3.63, 3.8) is 0 Å². The van der Waals surface area contributed by atoms with Crippen molar-refractivity contribution < 1.29 is 17.9 Å². The van der Waals surface area contributed by atoms with Crippen LogP contribution in [0.15, 0.2) is 47.4 Å². The van der Waals surface area contributed by atoms with Crippen molar-refractivity contribution in [2.75, 3.05) is 25.0 Å². The molecule has 1 N–H and O–H groups in total. The maximum absolute atomic E-state index is 12.6. The van der Waals surface area contributed by atoms with Crippen LogP contribution in [0.2, 0.25) is 5.02 Å². The number of benzene rings is 2. The predicted octanol–water partition coefficient (Wildman–Crippen LogP) is 3.45. The lowest BCUT2D eigenvalue weighted by Crippen LogP contribution is -2.27. The molecule has 0 spiro atoms. The second-order valence-electron chi connectivity index (χ2n) is 6.39. The summed E-state index contributed by atoms with van der Waals surface area (Å²) in [4.78, 5) is 12.3. The van der Waals surface area contributed by atoms with E-state index in [0.717, 1.165) is 12.8 Å². The van der Waals surface area contributed by atoms with Crippen molar-refractivity contribution in [3.05, 3.63) is 53.1 Å². The van der Waals surface area contributed by atoms with E-state index in [9.17, 15) is 13.2 Å². The van der Waals surface area contributed by atoms with E-state index in [0.29, 0.717) is 35.1 Å². The molecule has 2 aromatic rings. The second-order valence-corrected chi connectivity index (χ2v) is 8.76.